The minimum atomic E-state index is -0.784. The van der Waals surface area contributed by atoms with Gasteiger partial charge in [-0.1, -0.05) is 77.4 Å². The Hall–Kier alpha value is -1.32. The van der Waals surface area contributed by atoms with Crippen LogP contribution in [0.25, 0.3) is 0 Å². The number of unbranched alkanes of at least 4 members (excludes halogenated alkanes) is 10. The molecule has 0 spiro atoms. The van der Waals surface area contributed by atoms with Crippen LogP contribution < -0.4 is 0 Å². The topological polar surface area (TPSA) is 63.6 Å². The standard InChI is InChI=1S/C25H46O4/c1-3-5-7-8-9-10-11-12-13-14-15-16-17-22-25(28)29-23(19-6-4-2)20-18-21-24(26)27/h10-11,23H,3-9,12-22H2,1-2H3,(H,26,27)/b11-10-. The summed E-state index contributed by atoms with van der Waals surface area (Å²) in [4.78, 5) is 22.7. The summed E-state index contributed by atoms with van der Waals surface area (Å²) < 4.78 is 5.60. The van der Waals surface area contributed by atoms with Crippen LogP contribution in [0.3, 0.4) is 0 Å². The molecule has 1 N–H and O–H groups in total. The van der Waals surface area contributed by atoms with Crippen LogP contribution >= 0.6 is 0 Å². The Morgan fingerprint density at radius 2 is 1.28 bits per heavy atom. The summed E-state index contributed by atoms with van der Waals surface area (Å²) in [5.74, 6) is -0.902. The number of ether oxygens (including phenoxy) is 1. The predicted octanol–water partition coefficient (Wildman–Crippen LogP) is 7.60. The number of carbonyl (C=O) groups is 2. The van der Waals surface area contributed by atoms with Crippen molar-refractivity contribution in [2.45, 2.75) is 136 Å². The zero-order chi connectivity index (χ0) is 21.6. The Balaban J connectivity index is 3.66. The third-order valence-corrected chi connectivity index (χ3v) is 5.24. The molecule has 29 heavy (non-hydrogen) atoms. The molecule has 4 heteroatoms. The van der Waals surface area contributed by atoms with E-state index in [2.05, 4.69) is 26.0 Å². The van der Waals surface area contributed by atoms with Crippen molar-refractivity contribution in [2.75, 3.05) is 0 Å². The molecule has 0 aliphatic heterocycles. The summed E-state index contributed by atoms with van der Waals surface area (Å²) in [6.45, 7) is 4.35. The largest absolute Gasteiger partial charge is 0.481 e. The van der Waals surface area contributed by atoms with E-state index in [0.29, 0.717) is 19.3 Å². The Morgan fingerprint density at radius 3 is 1.90 bits per heavy atom. The van der Waals surface area contributed by atoms with Crippen molar-refractivity contribution in [1.82, 2.24) is 0 Å². The molecule has 0 saturated heterocycles. The highest BCUT2D eigenvalue weighted by molar-refractivity contribution is 5.69. The normalized spacial score (nSPS) is 12.3. The van der Waals surface area contributed by atoms with E-state index in [1.54, 1.807) is 0 Å². The molecule has 1 atom stereocenters. The molecule has 1 unspecified atom stereocenters. The highest BCUT2D eigenvalue weighted by atomic mass is 16.5. The molecule has 0 saturated carbocycles. The maximum Gasteiger partial charge on any atom is 0.306 e. The van der Waals surface area contributed by atoms with E-state index in [1.807, 2.05) is 0 Å². The molecular formula is C25H46O4. The third-order valence-electron chi connectivity index (χ3n) is 5.24. The first-order valence-electron chi connectivity index (χ1n) is 12.2. The number of carbonyl (C=O) groups excluding carboxylic acids is 1. The Morgan fingerprint density at radius 1 is 0.724 bits per heavy atom. The lowest BCUT2D eigenvalue weighted by atomic mass is 10.1. The third kappa shape index (κ3) is 21.2. The molecule has 0 bridgehead atoms. The van der Waals surface area contributed by atoms with Gasteiger partial charge in [0.2, 0.25) is 0 Å². The first-order valence-corrected chi connectivity index (χ1v) is 12.2. The minimum Gasteiger partial charge on any atom is -0.481 e. The predicted molar refractivity (Wildman–Crippen MR) is 121 cm³/mol. The van der Waals surface area contributed by atoms with Gasteiger partial charge >= 0.3 is 11.9 Å². The zero-order valence-electron chi connectivity index (χ0n) is 19.1. The van der Waals surface area contributed by atoms with Crippen LogP contribution in [0.15, 0.2) is 12.2 Å². The van der Waals surface area contributed by atoms with Gasteiger partial charge in [-0.25, -0.2) is 0 Å². The highest BCUT2D eigenvalue weighted by Gasteiger charge is 2.14. The van der Waals surface area contributed by atoms with Crippen LogP contribution in [-0.4, -0.2) is 23.1 Å². The van der Waals surface area contributed by atoms with Gasteiger partial charge in [0.15, 0.2) is 0 Å². The summed E-state index contributed by atoms with van der Waals surface area (Å²) in [7, 11) is 0. The maximum absolute atomic E-state index is 12.1. The SMILES string of the molecule is CCCCCC/C=C\CCCCCCCC(=O)OC(CCCC)CCCC(=O)O. The number of esters is 1. The fraction of sp³-hybridized carbons (Fsp3) is 0.840. The summed E-state index contributed by atoms with van der Waals surface area (Å²) in [5.41, 5.74) is 0. The first kappa shape index (κ1) is 27.7. The smallest absolute Gasteiger partial charge is 0.306 e. The summed E-state index contributed by atoms with van der Waals surface area (Å²) in [6.07, 6.45) is 22.6. The van der Waals surface area contributed by atoms with Crippen molar-refractivity contribution in [3.8, 4) is 0 Å². The molecule has 0 fully saturated rings. The van der Waals surface area contributed by atoms with Gasteiger partial charge in [-0.3, -0.25) is 9.59 Å². The number of allylic oxidation sites excluding steroid dienone is 2. The minimum absolute atomic E-state index is 0.115. The van der Waals surface area contributed by atoms with Crippen LogP contribution in [-0.2, 0) is 14.3 Å². The second-order valence-corrected chi connectivity index (χ2v) is 8.17. The lowest BCUT2D eigenvalue weighted by Gasteiger charge is -2.17. The average Bonchev–Trinajstić information content (AvgIpc) is 2.69. The van der Waals surface area contributed by atoms with E-state index >= 15 is 0 Å². The molecule has 0 aromatic heterocycles. The number of hydrogen-bond acceptors (Lipinski definition) is 3. The van der Waals surface area contributed by atoms with Gasteiger partial charge in [-0.05, 0) is 51.4 Å². The molecule has 0 rings (SSSR count). The zero-order valence-corrected chi connectivity index (χ0v) is 19.1. The second kappa shape index (κ2) is 21.4. The summed E-state index contributed by atoms with van der Waals surface area (Å²) in [6, 6.07) is 0. The maximum atomic E-state index is 12.1. The number of hydrogen-bond donors (Lipinski definition) is 1. The molecule has 4 nitrogen and oxygen atoms in total. The molecule has 0 aromatic rings. The van der Waals surface area contributed by atoms with Crippen molar-refractivity contribution in [1.29, 1.82) is 0 Å². The van der Waals surface area contributed by atoms with Gasteiger partial charge in [0.25, 0.3) is 0 Å². The Bertz CT molecular complexity index is 417. The fourth-order valence-corrected chi connectivity index (χ4v) is 3.41. The van der Waals surface area contributed by atoms with Gasteiger partial charge in [0.05, 0.1) is 0 Å². The number of carboxylic acid groups (broad SMARTS) is 1. The Labute approximate surface area is 179 Å². The quantitative estimate of drug-likeness (QED) is 0.120. The molecule has 0 aliphatic rings. The van der Waals surface area contributed by atoms with Crippen molar-refractivity contribution < 1.29 is 19.4 Å². The van der Waals surface area contributed by atoms with Crippen molar-refractivity contribution in [3.63, 3.8) is 0 Å². The number of rotatable bonds is 21. The lowest BCUT2D eigenvalue weighted by Crippen LogP contribution is -2.18. The van der Waals surface area contributed by atoms with Crippen molar-refractivity contribution >= 4 is 11.9 Å². The first-order chi connectivity index (χ1) is 14.1. The molecule has 0 aliphatic carbocycles. The van der Waals surface area contributed by atoms with Gasteiger partial charge in [-0.2, -0.15) is 0 Å². The van der Waals surface area contributed by atoms with Crippen molar-refractivity contribution in [2.24, 2.45) is 0 Å². The average molecular weight is 411 g/mol. The van der Waals surface area contributed by atoms with Gasteiger partial charge < -0.3 is 9.84 Å². The lowest BCUT2D eigenvalue weighted by molar-refractivity contribution is -0.150. The van der Waals surface area contributed by atoms with Crippen LogP contribution in [0, 0.1) is 0 Å². The van der Waals surface area contributed by atoms with Crippen LogP contribution in [0.4, 0.5) is 0 Å². The van der Waals surface area contributed by atoms with E-state index in [4.69, 9.17) is 9.84 Å². The van der Waals surface area contributed by atoms with E-state index in [0.717, 1.165) is 32.1 Å². The van der Waals surface area contributed by atoms with Crippen LogP contribution in [0.2, 0.25) is 0 Å². The fourth-order valence-electron chi connectivity index (χ4n) is 3.41. The van der Waals surface area contributed by atoms with E-state index < -0.39 is 5.97 Å². The van der Waals surface area contributed by atoms with Gasteiger partial charge in [0.1, 0.15) is 6.10 Å². The van der Waals surface area contributed by atoms with E-state index in [1.165, 1.54) is 57.8 Å². The monoisotopic (exact) mass is 410 g/mol. The van der Waals surface area contributed by atoms with Crippen LogP contribution in [0.1, 0.15) is 129 Å². The van der Waals surface area contributed by atoms with Gasteiger partial charge in [0, 0.05) is 12.8 Å². The van der Waals surface area contributed by atoms with E-state index in [-0.39, 0.29) is 18.5 Å². The highest BCUT2D eigenvalue weighted by Crippen LogP contribution is 2.15. The summed E-state index contributed by atoms with van der Waals surface area (Å²) >= 11 is 0. The Kier molecular flexibility index (Phi) is 20.4. The second-order valence-electron chi connectivity index (χ2n) is 8.17. The summed E-state index contributed by atoms with van der Waals surface area (Å²) in [5, 5.41) is 8.76. The molecule has 0 radical (unpaired) electrons. The van der Waals surface area contributed by atoms with Crippen molar-refractivity contribution in [3.05, 3.63) is 12.2 Å². The van der Waals surface area contributed by atoms with Crippen LogP contribution in [0.5, 0.6) is 0 Å². The molecule has 0 heterocycles. The van der Waals surface area contributed by atoms with Gasteiger partial charge in [-0.15, -0.1) is 0 Å². The molecular weight excluding hydrogens is 364 g/mol. The molecule has 0 aromatic carbocycles. The number of aliphatic carboxylic acids is 1. The number of carboxylic acids is 1. The molecule has 170 valence electrons. The molecule has 0 amide bonds. The van der Waals surface area contributed by atoms with E-state index in [9.17, 15) is 9.59 Å².